The summed E-state index contributed by atoms with van der Waals surface area (Å²) in [6.45, 7) is 2.11. The van der Waals surface area contributed by atoms with Crippen LogP contribution in [0.5, 0.6) is 0 Å². The van der Waals surface area contributed by atoms with E-state index in [1.807, 2.05) is 17.3 Å². The second kappa shape index (κ2) is 3.36. The fourth-order valence-electron chi connectivity index (χ4n) is 1.85. The maximum atomic E-state index is 6.06. The number of aromatic amines is 1. The lowest BCUT2D eigenvalue weighted by atomic mass is 10.1. The Bertz CT molecular complexity index is 615. The largest absolute Gasteiger partial charge is 0.491 e. The second-order valence-corrected chi connectivity index (χ2v) is 5.70. The Balaban J connectivity index is 2.47. The zero-order valence-corrected chi connectivity index (χ0v) is 10.4. The molecule has 1 aliphatic rings. The molecule has 0 unspecified atom stereocenters. The van der Waals surface area contributed by atoms with E-state index in [2.05, 4.69) is 18.0 Å². The number of H-pyrrole nitrogens is 1. The van der Waals surface area contributed by atoms with Crippen LogP contribution in [-0.4, -0.2) is 5.75 Å². The van der Waals surface area contributed by atoms with Crippen LogP contribution in [0.15, 0.2) is 16.0 Å². The summed E-state index contributed by atoms with van der Waals surface area (Å²) in [5.74, 6) is 7.60. The Hall–Kier alpha value is -1.27. The molecule has 0 saturated carbocycles. The summed E-state index contributed by atoms with van der Waals surface area (Å²) in [5.41, 5.74) is 11.3. The highest BCUT2D eigenvalue weighted by atomic mass is 32.2. The molecule has 6 heteroatoms. The van der Waals surface area contributed by atoms with Gasteiger partial charge in [0, 0.05) is 5.75 Å². The molecule has 2 aromatic heterocycles. The van der Waals surface area contributed by atoms with Crippen LogP contribution in [0.4, 0.5) is 5.82 Å². The lowest BCUT2D eigenvalue weighted by molar-refractivity contribution is -0.640. The topological polar surface area (TPSA) is 70.1 Å². The Labute approximate surface area is 101 Å². The van der Waals surface area contributed by atoms with Crippen molar-refractivity contribution in [3.05, 3.63) is 16.6 Å². The van der Waals surface area contributed by atoms with E-state index < -0.39 is 0 Å². The molecule has 0 fully saturated rings. The first kappa shape index (κ1) is 9.92. The van der Waals surface area contributed by atoms with E-state index in [1.54, 1.807) is 11.3 Å². The van der Waals surface area contributed by atoms with Crippen LogP contribution in [0, 0.1) is 0 Å². The van der Waals surface area contributed by atoms with E-state index in [1.165, 1.54) is 19.8 Å². The number of thioether (sulfide) groups is 1. The van der Waals surface area contributed by atoms with Crippen molar-refractivity contribution in [3.8, 4) is 0 Å². The number of nitrogens with one attached hydrogen (secondary N) is 1. The van der Waals surface area contributed by atoms with Crippen LogP contribution < -0.4 is 21.2 Å². The van der Waals surface area contributed by atoms with E-state index in [0.29, 0.717) is 5.82 Å². The number of hydrogen-bond donors (Lipinski definition) is 2. The van der Waals surface area contributed by atoms with Gasteiger partial charge in [0.05, 0.1) is 10.5 Å². The molecule has 0 saturated heterocycles. The highest BCUT2D eigenvalue weighted by molar-refractivity contribution is 8.00. The Kier molecular flexibility index (Phi) is 2.08. The predicted octanol–water partition coefficient (Wildman–Crippen LogP) is 0.808. The van der Waals surface area contributed by atoms with Gasteiger partial charge in [-0.05, 0) is 17.7 Å². The molecule has 0 atom stereocenters. The fourth-order valence-corrected chi connectivity index (χ4v) is 3.95. The van der Waals surface area contributed by atoms with Gasteiger partial charge in [0.25, 0.3) is 0 Å². The third kappa shape index (κ3) is 1.23. The van der Waals surface area contributed by atoms with Gasteiger partial charge in [0.1, 0.15) is 0 Å². The minimum atomic E-state index is 0.615. The van der Waals surface area contributed by atoms with E-state index in [-0.39, 0.29) is 0 Å². The van der Waals surface area contributed by atoms with Crippen molar-refractivity contribution in [1.82, 2.24) is 0 Å². The van der Waals surface area contributed by atoms with Crippen molar-refractivity contribution >= 4 is 45.3 Å². The summed E-state index contributed by atoms with van der Waals surface area (Å²) < 4.78 is 2.71. The summed E-state index contributed by atoms with van der Waals surface area (Å²) in [5, 5.41) is 0. The number of nitrogens with zero attached hydrogens (tertiary/aromatic N) is 1. The average molecular weight is 252 g/mol. The molecular formula is C10H12N4S2+2. The lowest BCUT2D eigenvalue weighted by Gasteiger charge is -2.12. The molecule has 16 heavy (non-hydrogen) atoms. The van der Waals surface area contributed by atoms with Gasteiger partial charge in [-0.3, -0.25) is 0 Å². The molecule has 1 aliphatic heterocycles. The molecule has 0 aromatic carbocycles. The summed E-state index contributed by atoms with van der Waals surface area (Å²) >= 11 is 3.49. The van der Waals surface area contributed by atoms with Gasteiger partial charge < -0.3 is 5.73 Å². The number of pyridine rings is 1. The van der Waals surface area contributed by atoms with Gasteiger partial charge in [-0.15, -0.1) is 16.7 Å². The van der Waals surface area contributed by atoms with Gasteiger partial charge in [0.15, 0.2) is 4.70 Å². The van der Waals surface area contributed by atoms with Gasteiger partial charge >= 0.3 is 11.5 Å². The molecule has 0 spiro atoms. The fraction of sp³-hybridized carbons (Fsp3) is 0.200. The summed E-state index contributed by atoms with van der Waals surface area (Å²) in [6.07, 6.45) is 2.13. The minimum Gasteiger partial charge on any atom is -0.343 e. The lowest BCUT2D eigenvalue weighted by Crippen LogP contribution is -2.50. The van der Waals surface area contributed by atoms with Crippen LogP contribution in [0.1, 0.15) is 12.5 Å². The Morgan fingerprint density at radius 2 is 2.31 bits per heavy atom. The molecule has 3 heterocycles. The van der Waals surface area contributed by atoms with Crippen LogP contribution >= 0.6 is 23.1 Å². The smallest absolute Gasteiger partial charge is 0.343 e. The van der Waals surface area contributed by atoms with Crippen molar-refractivity contribution in [2.24, 2.45) is 0 Å². The van der Waals surface area contributed by atoms with Crippen LogP contribution in [0.3, 0.4) is 0 Å². The average Bonchev–Trinajstić information content (AvgIpc) is 2.75. The number of thiazole rings is 1. The molecule has 0 aliphatic carbocycles. The zero-order chi connectivity index (χ0) is 11.3. The molecule has 0 amide bonds. The van der Waals surface area contributed by atoms with Gasteiger partial charge in [-0.25, -0.2) is 0 Å². The van der Waals surface area contributed by atoms with Gasteiger partial charge in [-0.2, -0.15) is 5.84 Å². The maximum Gasteiger partial charge on any atom is 0.491 e. The van der Waals surface area contributed by atoms with Crippen LogP contribution in [0.25, 0.3) is 16.4 Å². The van der Waals surface area contributed by atoms with Gasteiger partial charge in [0.2, 0.25) is 5.51 Å². The van der Waals surface area contributed by atoms with E-state index in [4.69, 9.17) is 11.6 Å². The highest BCUT2D eigenvalue weighted by Gasteiger charge is 2.29. The number of nitrogens with two attached hydrogens (primary N) is 2. The maximum absolute atomic E-state index is 6.06. The zero-order valence-electron chi connectivity index (χ0n) is 8.78. The first-order chi connectivity index (χ1) is 7.68. The molecule has 2 aromatic rings. The standard InChI is InChI=1S/C10H10N4S2/c1-5-2-6-7(15-3-5)8-10(13-4-16-8)14(12)9(6)11/h2,4,11H,3,12H2,1H3/p+2. The van der Waals surface area contributed by atoms with Crippen LogP contribution in [0.2, 0.25) is 0 Å². The minimum absolute atomic E-state index is 0.615. The van der Waals surface area contributed by atoms with E-state index in [0.717, 1.165) is 17.0 Å². The molecular weight excluding hydrogens is 240 g/mol. The molecule has 5 N–H and O–H groups in total. The van der Waals surface area contributed by atoms with Gasteiger partial charge in [-0.1, -0.05) is 16.9 Å². The summed E-state index contributed by atoms with van der Waals surface area (Å²) in [4.78, 5) is 4.37. The summed E-state index contributed by atoms with van der Waals surface area (Å²) in [7, 11) is 0. The Morgan fingerprint density at radius 3 is 3.12 bits per heavy atom. The first-order valence-corrected chi connectivity index (χ1v) is 6.76. The highest BCUT2D eigenvalue weighted by Crippen LogP contribution is 2.38. The normalized spacial score (nSPS) is 14.9. The van der Waals surface area contributed by atoms with E-state index >= 15 is 0 Å². The number of fused-ring (bicyclic) bond motifs is 3. The molecule has 0 radical (unpaired) electrons. The monoisotopic (exact) mass is 252 g/mol. The van der Waals surface area contributed by atoms with Crippen molar-refractivity contribution in [2.45, 2.75) is 11.8 Å². The van der Waals surface area contributed by atoms with Crippen molar-refractivity contribution in [3.63, 3.8) is 0 Å². The quantitative estimate of drug-likeness (QED) is 0.538. The van der Waals surface area contributed by atoms with Crippen molar-refractivity contribution in [1.29, 1.82) is 0 Å². The second-order valence-electron chi connectivity index (χ2n) is 3.84. The van der Waals surface area contributed by atoms with Crippen molar-refractivity contribution in [2.75, 3.05) is 17.3 Å². The predicted molar refractivity (Wildman–Crippen MR) is 67.5 cm³/mol. The van der Waals surface area contributed by atoms with E-state index in [9.17, 15) is 0 Å². The van der Waals surface area contributed by atoms with Crippen molar-refractivity contribution < 1.29 is 9.66 Å². The third-order valence-corrected chi connectivity index (χ3v) is 4.96. The Morgan fingerprint density at radius 1 is 1.50 bits per heavy atom. The number of rotatable bonds is 0. The number of nitrogen functional groups attached to an aromatic ring is 2. The third-order valence-electron chi connectivity index (χ3n) is 2.65. The molecule has 4 nitrogen and oxygen atoms in total. The number of hydrogen-bond acceptors (Lipinski definition) is 4. The molecule has 3 rings (SSSR count). The van der Waals surface area contributed by atoms with Crippen LogP contribution in [-0.2, 0) is 0 Å². The number of aromatic nitrogens is 2. The number of anilines is 1. The first-order valence-electron chi connectivity index (χ1n) is 4.90. The summed E-state index contributed by atoms with van der Waals surface area (Å²) in [6, 6.07) is 0. The molecule has 82 valence electrons. The molecule has 0 bridgehead atoms. The SMILES string of the molecule is CC1=Cc2c(c3sc[nH+]c3[n+](N)c2N)SC1.